The molecule has 1 amide bonds. The van der Waals surface area contributed by atoms with Crippen molar-refractivity contribution in [2.75, 3.05) is 13.1 Å². The summed E-state index contributed by atoms with van der Waals surface area (Å²) < 4.78 is 5.30. The number of thiophene rings is 1. The molecule has 0 spiro atoms. The lowest BCUT2D eigenvalue weighted by atomic mass is 9.95. The highest BCUT2D eigenvalue weighted by Gasteiger charge is 2.32. The molecule has 168 valence electrons. The van der Waals surface area contributed by atoms with Gasteiger partial charge in [0.25, 0.3) is 0 Å². The molecule has 6 nitrogen and oxygen atoms in total. The van der Waals surface area contributed by atoms with Crippen LogP contribution in [0.15, 0.2) is 17.5 Å². The number of nitrogens with one attached hydrogen (secondary N) is 1. The second kappa shape index (κ2) is 9.55. The molecule has 2 aliphatic carbocycles. The maximum Gasteiger partial charge on any atom is 0.223 e. The lowest BCUT2D eigenvalue weighted by molar-refractivity contribution is -0.123. The molecule has 1 aliphatic heterocycles. The molecule has 1 saturated heterocycles. The molecule has 2 aromatic rings. The molecule has 5 rings (SSSR count). The van der Waals surface area contributed by atoms with Crippen molar-refractivity contribution < 1.29 is 4.79 Å². The Labute approximate surface area is 193 Å². The molecule has 8 heteroatoms. The van der Waals surface area contributed by atoms with Gasteiger partial charge in [0, 0.05) is 42.4 Å². The number of nitrogens with zero attached hydrogens (tertiary/aromatic N) is 4. The average molecular weight is 460 g/mol. The van der Waals surface area contributed by atoms with Crippen LogP contribution >= 0.6 is 23.6 Å². The summed E-state index contributed by atoms with van der Waals surface area (Å²) in [6, 6.07) is 5.13. The Balaban J connectivity index is 1.27. The number of likely N-dealkylation sites (tertiary alicyclic amines) is 1. The lowest BCUT2D eigenvalue weighted by Gasteiger charge is -2.32. The van der Waals surface area contributed by atoms with Crippen molar-refractivity contribution in [3.63, 3.8) is 0 Å². The molecule has 0 unspecified atom stereocenters. The van der Waals surface area contributed by atoms with Crippen LogP contribution in [0.1, 0.15) is 74.5 Å². The number of aromatic nitrogens is 3. The van der Waals surface area contributed by atoms with E-state index in [0.29, 0.717) is 18.0 Å². The molecule has 2 aromatic heterocycles. The van der Waals surface area contributed by atoms with Crippen molar-refractivity contribution >= 4 is 29.5 Å². The summed E-state index contributed by atoms with van der Waals surface area (Å²) in [5.74, 6) is 1.68. The lowest BCUT2D eigenvalue weighted by Crippen LogP contribution is -2.45. The van der Waals surface area contributed by atoms with Gasteiger partial charge >= 0.3 is 0 Å². The van der Waals surface area contributed by atoms with E-state index in [9.17, 15) is 4.79 Å². The predicted octanol–water partition coefficient (Wildman–Crippen LogP) is 4.52. The van der Waals surface area contributed by atoms with Gasteiger partial charge in [-0.3, -0.25) is 9.69 Å². The fraction of sp³-hybridized carbons (Fsp3) is 0.696. The zero-order chi connectivity index (χ0) is 21.2. The van der Waals surface area contributed by atoms with E-state index in [1.165, 1.54) is 37.0 Å². The van der Waals surface area contributed by atoms with Crippen LogP contribution in [0.2, 0.25) is 0 Å². The number of carbonyl (C=O) groups excluding carboxylic acids is 1. The highest BCUT2D eigenvalue weighted by molar-refractivity contribution is 7.71. The second-order valence-corrected chi connectivity index (χ2v) is 10.8. The highest BCUT2D eigenvalue weighted by atomic mass is 32.1. The first-order valence-electron chi connectivity index (χ1n) is 11.9. The van der Waals surface area contributed by atoms with E-state index in [4.69, 9.17) is 17.3 Å². The van der Waals surface area contributed by atoms with Gasteiger partial charge in [0.15, 0.2) is 4.77 Å². The van der Waals surface area contributed by atoms with Crippen LogP contribution in [-0.2, 0) is 17.9 Å². The third-order valence-corrected chi connectivity index (χ3v) is 8.29. The number of carbonyl (C=O) groups is 1. The van der Waals surface area contributed by atoms with Crippen LogP contribution in [-0.4, -0.2) is 44.3 Å². The van der Waals surface area contributed by atoms with Crippen molar-refractivity contribution in [2.45, 2.75) is 83.0 Å². The summed E-state index contributed by atoms with van der Waals surface area (Å²) in [4.78, 5) is 15.8. The van der Waals surface area contributed by atoms with Crippen LogP contribution in [0, 0.1) is 10.7 Å². The van der Waals surface area contributed by atoms with Crippen LogP contribution in [0.4, 0.5) is 0 Å². The third kappa shape index (κ3) is 5.12. The maximum absolute atomic E-state index is 12.1. The molecule has 0 bridgehead atoms. The first-order valence-corrected chi connectivity index (χ1v) is 13.2. The smallest absolute Gasteiger partial charge is 0.223 e. The Kier molecular flexibility index (Phi) is 6.57. The summed E-state index contributed by atoms with van der Waals surface area (Å²) in [6.45, 7) is 2.71. The minimum absolute atomic E-state index is 0.269. The minimum atomic E-state index is 0.269. The Morgan fingerprint density at radius 1 is 1.13 bits per heavy atom. The molecule has 3 aliphatic rings. The summed E-state index contributed by atoms with van der Waals surface area (Å²) >= 11 is 7.75. The molecule has 3 heterocycles. The fourth-order valence-corrected chi connectivity index (χ4v) is 6.08. The zero-order valence-corrected chi connectivity index (χ0v) is 19.8. The highest BCUT2D eigenvalue weighted by Crippen LogP contribution is 2.31. The van der Waals surface area contributed by atoms with E-state index >= 15 is 0 Å². The number of amides is 1. The Bertz CT molecular complexity index is 932. The van der Waals surface area contributed by atoms with Crippen LogP contribution in [0.5, 0.6) is 0 Å². The van der Waals surface area contributed by atoms with Crippen molar-refractivity contribution in [3.05, 3.63) is 33.0 Å². The third-order valence-electron chi connectivity index (χ3n) is 7.01. The maximum atomic E-state index is 12.1. The molecule has 31 heavy (non-hydrogen) atoms. The normalized spacial score (nSPS) is 21.4. The summed E-state index contributed by atoms with van der Waals surface area (Å²) in [5, 5.41) is 10.4. The van der Waals surface area contributed by atoms with Gasteiger partial charge in [-0.1, -0.05) is 25.3 Å². The van der Waals surface area contributed by atoms with E-state index in [-0.39, 0.29) is 5.91 Å². The molecule has 1 N–H and O–H groups in total. The molecule has 0 aromatic carbocycles. The van der Waals surface area contributed by atoms with E-state index in [1.54, 1.807) is 11.3 Å². The Morgan fingerprint density at radius 2 is 1.90 bits per heavy atom. The SMILES string of the molecule is O=C(NC1CCN(Cn2nc(Cc3cccs3)n(C3CCCCC3)c2=S)CC1)C1CC1. The van der Waals surface area contributed by atoms with Gasteiger partial charge in [0.05, 0.1) is 6.67 Å². The van der Waals surface area contributed by atoms with Gasteiger partial charge in [-0.15, -0.1) is 11.3 Å². The summed E-state index contributed by atoms with van der Waals surface area (Å²) in [7, 11) is 0. The predicted molar refractivity (Wildman–Crippen MR) is 126 cm³/mol. The summed E-state index contributed by atoms with van der Waals surface area (Å²) in [6.07, 6.45) is 11.4. The largest absolute Gasteiger partial charge is 0.353 e. The van der Waals surface area contributed by atoms with Crippen LogP contribution in [0.25, 0.3) is 0 Å². The minimum Gasteiger partial charge on any atom is -0.353 e. The van der Waals surface area contributed by atoms with Crippen molar-refractivity contribution in [1.82, 2.24) is 24.6 Å². The number of piperidine rings is 1. The van der Waals surface area contributed by atoms with Crippen molar-refractivity contribution in [3.8, 4) is 0 Å². The molecule has 3 fully saturated rings. The van der Waals surface area contributed by atoms with E-state index in [0.717, 1.165) is 62.5 Å². The van der Waals surface area contributed by atoms with Gasteiger partial charge in [-0.05, 0) is 62.2 Å². The van der Waals surface area contributed by atoms with Gasteiger partial charge < -0.3 is 9.88 Å². The van der Waals surface area contributed by atoms with E-state index < -0.39 is 0 Å². The van der Waals surface area contributed by atoms with E-state index in [1.807, 2.05) is 0 Å². The second-order valence-electron chi connectivity index (χ2n) is 9.43. The van der Waals surface area contributed by atoms with Gasteiger partial charge in [0.2, 0.25) is 5.91 Å². The monoisotopic (exact) mass is 459 g/mol. The van der Waals surface area contributed by atoms with Gasteiger partial charge in [0.1, 0.15) is 5.82 Å². The molecule has 2 saturated carbocycles. The fourth-order valence-electron chi connectivity index (χ4n) is 5.03. The molecular weight excluding hydrogens is 426 g/mol. The van der Waals surface area contributed by atoms with Gasteiger partial charge in [-0.2, -0.15) is 5.10 Å². The first-order chi connectivity index (χ1) is 15.2. The number of rotatable bonds is 7. The zero-order valence-electron chi connectivity index (χ0n) is 18.2. The van der Waals surface area contributed by atoms with Crippen molar-refractivity contribution in [1.29, 1.82) is 0 Å². The molecular formula is C23H33N5OS2. The first kappa shape index (κ1) is 21.3. The standard InChI is InChI=1S/C23H33N5OS2/c29-22(17-8-9-17)24-18-10-12-26(13-11-18)16-27-23(30)28(19-5-2-1-3-6-19)21(25-27)15-20-7-4-14-31-20/h4,7,14,17-19H,1-3,5-6,8-13,15-16H2,(H,24,29). The van der Waals surface area contributed by atoms with Crippen LogP contribution in [0.3, 0.4) is 0 Å². The molecule has 0 atom stereocenters. The van der Waals surface area contributed by atoms with Crippen LogP contribution < -0.4 is 5.32 Å². The average Bonchev–Trinajstić information content (AvgIpc) is 3.44. The number of hydrogen-bond donors (Lipinski definition) is 1. The quantitative estimate of drug-likeness (QED) is 0.619. The number of hydrogen-bond acceptors (Lipinski definition) is 5. The Morgan fingerprint density at radius 3 is 2.58 bits per heavy atom. The van der Waals surface area contributed by atoms with E-state index in [2.05, 4.69) is 37.0 Å². The van der Waals surface area contributed by atoms with Crippen molar-refractivity contribution in [2.24, 2.45) is 5.92 Å². The Hall–Kier alpha value is -1.51. The summed E-state index contributed by atoms with van der Waals surface area (Å²) in [5.41, 5.74) is 0. The van der Waals surface area contributed by atoms with Gasteiger partial charge in [-0.25, -0.2) is 4.68 Å². The molecule has 0 radical (unpaired) electrons. The topological polar surface area (TPSA) is 55.1 Å².